The van der Waals surface area contributed by atoms with Crippen LogP contribution in [0, 0.1) is 0 Å². The molecular weight excluding hydrogens is 242 g/mol. The van der Waals surface area contributed by atoms with Gasteiger partial charge in [0.25, 0.3) is 5.91 Å². The molecule has 1 fully saturated rings. The Balaban J connectivity index is 2.09. The monoisotopic (exact) mass is 263 g/mol. The van der Waals surface area contributed by atoms with Gasteiger partial charge in [-0.05, 0) is 38.1 Å². The van der Waals surface area contributed by atoms with Crippen LogP contribution in [-0.2, 0) is 0 Å². The molecule has 1 aromatic rings. The Bertz CT molecular complexity index is 462. The van der Waals surface area contributed by atoms with Crippen molar-refractivity contribution in [2.75, 3.05) is 30.7 Å². The zero-order valence-corrected chi connectivity index (χ0v) is 11.2. The van der Waals surface area contributed by atoms with Gasteiger partial charge in [-0.25, -0.2) is 4.98 Å². The van der Waals surface area contributed by atoms with E-state index in [0.717, 1.165) is 32.5 Å². The van der Waals surface area contributed by atoms with Crippen molar-refractivity contribution in [3.8, 4) is 0 Å². The SMILES string of the molecule is CCN1CCCC(Nc2nc(C(N)=O)ccc2N)C1. The first-order valence-corrected chi connectivity index (χ1v) is 6.65. The number of hydrogen-bond acceptors (Lipinski definition) is 5. The smallest absolute Gasteiger partial charge is 0.267 e. The first kappa shape index (κ1) is 13.6. The van der Waals surface area contributed by atoms with Gasteiger partial charge in [0.1, 0.15) is 11.5 Å². The van der Waals surface area contributed by atoms with E-state index in [1.807, 2.05) is 0 Å². The fourth-order valence-electron chi connectivity index (χ4n) is 2.38. The first-order valence-electron chi connectivity index (χ1n) is 6.65. The highest BCUT2D eigenvalue weighted by atomic mass is 16.1. The van der Waals surface area contributed by atoms with E-state index in [4.69, 9.17) is 11.5 Å². The predicted molar refractivity (Wildman–Crippen MR) is 75.9 cm³/mol. The maximum atomic E-state index is 11.1. The van der Waals surface area contributed by atoms with E-state index < -0.39 is 5.91 Å². The highest BCUT2D eigenvalue weighted by Crippen LogP contribution is 2.20. The molecule has 0 aromatic carbocycles. The standard InChI is InChI=1S/C13H21N5O/c1-2-18-7-3-4-9(8-18)16-13-10(14)5-6-11(17-13)12(15)19/h5-6,9H,2-4,7-8,14H2,1H3,(H2,15,19)(H,16,17). The lowest BCUT2D eigenvalue weighted by atomic mass is 10.1. The Morgan fingerprint density at radius 2 is 2.37 bits per heavy atom. The molecule has 0 saturated carbocycles. The predicted octanol–water partition coefficient (Wildman–Crippen LogP) is 0.659. The Hall–Kier alpha value is -1.82. The van der Waals surface area contributed by atoms with Crippen LogP contribution in [0.5, 0.6) is 0 Å². The third-order valence-electron chi connectivity index (χ3n) is 3.47. The summed E-state index contributed by atoms with van der Waals surface area (Å²) in [6, 6.07) is 3.52. The van der Waals surface area contributed by atoms with Crippen LogP contribution < -0.4 is 16.8 Å². The summed E-state index contributed by atoms with van der Waals surface area (Å²) in [6.45, 7) is 5.31. The van der Waals surface area contributed by atoms with Gasteiger partial charge in [-0.1, -0.05) is 6.92 Å². The van der Waals surface area contributed by atoms with E-state index >= 15 is 0 Å². The van der Waals surface area contributed by atoms with Crippen LogP contribution in [0.15, 0.2) is 12.1 Å². The number of amides is 1. The second-order valence-corrected chi connectivity index (χ2v) is 4.88. The van der Waals surface area contributed by atoms with Gasteiger partial charge in [0.2, 0.25) is 0 Å². The zero-order chi connectivity index (χ0) is 13.8. The molecule has 0 bridgehead atoms. The minimum Gasteiger partial charge on any atom is -0.396 e. The van der Waals surface area contributed by atoms with Crippen LogP contribution in [0.4, 0.5) is 11.5 Å². The average Bonchev–Trinajstić information content (AvgIpc) is 2.41. The fraction of sp³-hybridized carbons (Fsp3) is 0.538. The Kier molecular flexibility index (Phi) is 4.21. The van der Waals surface area contributed by atoms with E-state index in [9.17, 15) is 4.79 Å². The number of nitrogens with zero attached hydrogens (tertiary/aromatic N) is 2. The fourth-order valence-corrected chi connectivity index (χ4v) is 2.38. The van der Waals surface area contributed by atoms with Crippen LogP contribution in [0.3, 0.4) is 0 Å². The van der Waals surface area contributed by atoms with Crippen molar-refractivity contribution in [3.63, 3.8) is 0 Å². The highest BCUT2D eigenvalue weighted by molar-refractivity contribution is 5.91. The number of hydrogen-bond donors (Lipinski definition) is 3. The molecule has 6 heteroatoms. The summed E-state index contributed by atoms with van der Waals surface area (Å²) in [5.74, 6) is 0.0149. The quantitative estimate of drug-likeness (QED) is 0.741. The summed E-state index contributed by atoms with van der Waals surface area (Å²) in [5, 5.41) is 3.32. The lowest BCUT2D eigenvalue weighted by Crippen LogP contribution is -2.42. The molecule has 0 aliphatic carbocycles. The molecule has 6 nitrogen and oxygen atoms in total. The molecule has 5 N–H and O–H groups in total. The second kappa shape index (κ2) is 5.88. The van der Waals surface area contributed by atoms with Gasteiger partial charge in [0, 0.05) is 12.6 Å². The lowest BCUT2D eigenvalue weighted by molar-refractivity contribution is 0.0995. The number of piperidine rings is 1. The first-order chi connectivity index (χ1) is 9.10. The number of carbonyl (C=O) groups excluding carboxylic acids is 1. The molecule has 1 amide bonds. The zero-order valence-electron chi connectivity index (χ0n) is 11.2. The van der Waals surface area contributed by atoms with Crippen molar-refractivity contribution in [1.82, 2.24) is 9.88 Å². The van der Waals surface area contributed by atoms with Crippen LogP contribution in [0.25, 0.3) is 0 Å². The van der Waals surface area contributed by atoms with Crippen molar-refractivity contribution < 1.29 is 4.79 Å². The molecule has 2 rings (SSSR count). The molecule has 0 radical (unpaired) electrons. The molecule has 104 valence electrons. The van der Waals surface area contributed by atoms with E-state index in [1.165, 1.54) is 0 Å². The summed E-state index contributed by atoms with van der Waals surface area (Å²) in [7, 11) is 0. The molecule has 19 heavy (non-hydrogen) atoms. The highest BCUT2D eigenvalue weighted by Gasteiger charge is 2.19. The number of likely N-dealkylation sites (tertiary alicyclic amines) is 1. The number of nitrogens with two attached hydrogens (primary N) is 2. The Morgan fingerprint density at radius 3 is 3.05 bits per heavy atom. The molecule has 1 saturated heterocycles. The van der Waals surface area contributed by atoms with Crippen LogP contribution in [0.1, 0.15) is 30.3 Å². The number of anilines is 2. The Morgan fingerprint density at radius 1 is 1.58 bits per heavy atom. The number of aromatic nitrogens is 1. The van der Waals surface area contributed by atoms with Crippen molar-refractivity contribution in [2.24, 2.45) is 5.73 Å². The third kappa shape index (κ3) is 3.35. The van der Waals surface area contributed by atoms with Crippen LogP contribution >= 0.6 is 0 Å². The molecular formula is C13H21N5O. The molecule has 1 aliphatic heterocycles. The molecule has 0 spiro atoms. The van der Waals surface area contributed by atoms with Crippen molar-refractivity contribution in [2.45, 2.75) is 25.8 Å². The number of nitrogens with one attached hydrogen (secondary N) is 1. The maximum absolute atomic E-state index is 11.1. The molecule has 1 atom stereocenters. The topological polar surface area (TPSA) is 97.3 Å². The third-order valence-corrected chi connectivity index (χ3v) is 3.47. The minimum atomic E-state index is -0.540. The summed E-state index contributed by atoms with van der Waals surface area (Å²) in [5.41, 5.74) is 11.9. The van der Waals surface area contributed by atoms with Crippen LogP contribution in [0.2, 0.25) is 0 Å². The maximum Gasteiger partial charge on any atom is 0.267 e. The van der Waals surface area contributed by atoms with Gasteiger partial charge in [0.15, 0.2) is 0 Å². The number of likely N-dealkylation sites (N-methyl/N-ethyl adjacent to an activating group) is 1. The molecule has 2 heterocycles. The second-order valence-electron chi connectivity index (χ2n) is 4.88. The van der Waals surface area contributed by atoms with Gasteiger partial charge >= 0.3 is 0 Å². The summed E-state index contributed by atoms with van der Waals surface area (Å²) >= 11 is 0. The van der Waals surface area contributed by atoms with Gasteiger partial charge in [-0.3, -0.25) is 4.79 Å². The number of nitrogen functional groups attached to an aromatic ring is 1. The van der Waals surface area contributed by atoms with E-state index in [2.05, 4.69) is 22.1 Å². The summed E-state index contributed by atoms with van der Waals surface area (Å²) < 4.78 is 0. The summed E-state index contributed by atoms with van der Waals surface area (Å²) in [4.78, 5) is 17.7. The molecule has 1 aliphatic rings. The van der Waals surface area contributed by atoms with Crippen LogP contribution in [-0.4, -0.2) is 41.5 Å². The Labute approximate surface area is 113 Å². The average molecular weight is 263 g/mol. The normalized spacial score (nSPS) is 20.2. The minimum absolute atomic E-state index is 0.236. The van der Waals surface area contributed by atoms with Gasteiger partial charge in [-0.2, -0.15) is 0 Å². The van der Waals surface area contributed by atoms with Crippen molar-refractivity contribution in [3.05, 3.63) is 17.8 Å². The molecule has 1 aromatic heterocycles. The molecule has 1 unspecified atom stereocenters. The number of pyridine rings is 1. The van der Waals surface area contributed by atoms with E-state index in [0.29, 0.717) is 17.5 Å². The van der Waals surface area contributed by atoms with E-state index in [1.54, 1.807) is 12.1 Å². The van der Waals surface area contributed by atoms with Gasteiger partial charge < -0.3 is 21.7 Å². The lowest BCUT2D eigenvalue weighted by Gasteiger charge is -2.32. The number of rotatable bonds is 4. The largest absolute Gasteiger partial charge is 0.396 e. The van der Waals surface area contributed by atoms with Gasteiger partial charge in [-0.15, -0.1) is 0 Å². The van der Waals surface area contributed by atoms with Crippen molar-refractivity contribution >= 4 is 17.4 Å². The number of carbonyl (C=O) groups is 1. The van der Waals surface area contributed by atoms with Crippen molar-refractivity contribution in [1.29, 1.82) is 0 Å². The van der Waals surface area contributed by atoms with E-state index in [-0.39, 0.29) is 5.69 Å². The van der Waals surface area contributed by atoms with Gasteiger partial charge in [0.05, 0.1) is 5.69 Å². The number of primary amides is 1. The summed E-state index contributed by atoms with van der Waals surface area (Å²) in [6.07, 6.45) is 2.24.